The minimum atomic E-state index is -4.20. The summed E-state index contributed by atoms with van der Waals surface area (Å²) in [6, 6.07) is 0. The second kappa shape index (κ2) is 19.8. The molecule has 0 N–H and O–H groups in total. The van der Waals surface area contributed by atoms with Crippen LogP contribution in [0.1, 0.15) is 117 Å². The quantitative estimate of drug-likeness (QED) is 0.123. The maximum absolute atomic E-state index is 10.7. The van der Waals surface area contributed by atoms with E-state index in [9.17, 15) is 13.0 Å². The lowest BCUT2D eigenvalue weighted by molar-refractivity contribution is -0.302. The molecule has 0 aromatic rings. The third kappa shape index (κ3) is 18.6. The Morgan fingerprint density at radius 2 is 1.43 bits per heavy atom. The standard InChI is InChI=1S/C27H55NO6S/c1-4-6-8-10-12-14-16-20-28(19-15-13-11-9-7-5-2)24-26-18-22-33-27(3,34-26)25-32-21-17-23-35(29,30)31/h26H,4-25H2,1-3H3,(H,29,30,31)/p-1. The van der Waals surface area contributed by atoms with Crippen molar-refractivity contribution in [2.75, 3.05) is 45.2 Å². The van der Waals surface area contributed by atoms with Crippen LogP contribution in [-0.4, -0.2) is 75.0 Å². The van der Waals surface area contributed by atoms with E-state index in [1.165, 1.54) is 83.5 Å². The fourth-order valence-electron chi connectivity index (χ4n) is 4.64. The van der Waals surface area contributed by atoms with Crippen molar-refractivity contribution < 1.29 is 27.2 Å². The number of hydrogen-bond donors (Lipinski definition) is 0. The van der Waals surface area contributed by atoms with Crippen LogP contribution in [0.5, 0.6) is 0 Å². The fourth-order valence-corrected chi connectivity index (χ4v) is 5.11. The molecule has 1 fully saturated rings. The minimum Gasteiger partial charge on any atom is -0.748 e. The molecule has 0 aliphatic carbocycles. The van der Waals surface area contributed by atoms with Gasteiger partial charge in [0.25, 0.3) is 0 Å². The summed E-state index contributed by atoms with van der Waals surface area (Å²) in [4.78, 5) is 2.59. The average Bonchev–Trinajstić information content (AvgIpc) is 2.79. The van der Waals surface area contributed by atoms with Gasteiger partial charge in [-0.3, -0.25) is 0 Å². The predicted molar refractivity (Wildman–Crippen MR) is 142 cm³/mol. The summed E-state index contributed by atoms with van der Waals surface area (Å²) in [6.45, 7) is 10.6. The van der Waals surface area contributed by atoms with Gasteiger partial charge in [-0.25, -0.2) is 8.42 Å². The molecule has 1 saturated heterocycles. The van der Waals surface area contributed by atoms with E-state index in [1.54, 1.807) is 0 Å². The van der Waals surface area contributed by atoms with Crippen molar-refractivity contribution in [3.8, 4) is 0 Å². The van der Waals surface area contributed by atoms with Crippen LogP contribution < -0.4 is 0 Å². The maximum atomic E-state index is 10.7. The second-order valence-electron chi connectivity index (χ2n) is 10.4. The number of unbranched alkanes of at least 4 members (excludes halogenated alkanes) is 11. The Hall–Kier alpha value is -0.250. The van der Waals surface area contributed by atoms with Gasteiger partial charge in [-0.05, 0) is 45.7 Å². The summed E-state index contributed by atoms with van der Waals surface area (Å²) in [6.07, 6.45) is 18.2. The van der Waals surface area contributed by atoms with Crippen molar-refractivity contribution in [1.82, 2.24) is 4.90 Å². The van der Waals surface area contributed by atoms with Crippen LogP contribution in [0.15, 0.2) is 0 Å². The number of nitrogens with zero attached hydrogens (tertiary/aromatic N) is 1. The second-order valence-corrected chi connectivity index (χ2v) is 11.9. The molecule has 0 spiro atoms. The van der Waals surface area contributed by atoms with Crippen molar-refractivity contribution >= 4 is 10.1 Å². The zero-order chi connectivity index (χ0) is 25.8. The van der Waals surface area contributed by atoms with Crippen molar-refractivity contribution in [2.45, 2.75) is 129 Å². The molecule has 210 valence electrons. The van der Waals surface area contributed by atoms with Gasteiger partial charge in [0.05, 0.1) is 22.8 Å². The molecule has 0 saturated carbocycles. The van der Waals surface area contributed by atoms with E-state index in [-0.39, 0.29) is 25.7 Å². The maximum Gasteiger partial charge on any atom is 0.189 e. The molecule has 0 aromatic carbocycles. The Morgan fingerprint density at radius 3 is 1.97 bits per heavy atom. The molecule has 0 bridgehead atoms. The smallest absolute Gasteiger partial charge is 0.189 e. The highest BCUT2D eigenvalue weighted by Gasteiger charge is 2.35. The lowest BCUT2D eigenvalue weighted by Gasteiger charge is -2.40. The summed E-state index contributed by atoms with van der Waals surface area (Å²) < 4.78 is 50.0. The molecule has 1 aliphatic rings. The Bertz CT molecular complexity index is 602. The number of hydrogen-bond acceptors (Lipinski definition) is 7. The monoisotopic (exact) mass is 520 g/mol. The van der Waals surface area contributed by atoms with E-state index < -0.39 is 21.7 Å². The molecule has 0 aromatic heterocycles. The van der Waals surface area contributed by atoms with E-state index in [0.717, 1.165) is 26.1 Å². The molecule has 1 aliphatic heterocycles. The third-order valence-corrected chi connectivity index (χ3v) is 7.47. The molecule has 8 heteroatoms. The zero-order valence-corrected chi connectivity index (χ0v) is 23.8. The van der Waals surface area contributed by atoms with Crippen LogP contribution in [0, 0.1) is 0 Å². The summed E-state index contributed by atoms with van der Waals surface area (Å²) in [5, 5.41) is 0. The van der Waals surface area contributed by atoms with Crippen molar-refractivity contribution in [1.29, 1.82) is 0 Å². The van der Waals surface area contributed by atoms with Crippen molar-refractivity contribution in [2.24, 2.45) is 0 Å². The molecule has 2 atom stereocenters. The van der Waals surface area contributed by atoms with Gasteiger partial charge in [0.2, 0.25) is 0 Å². The topological polar surface area (TPSA) is 88.1 Å². The van der Waals surface area contributed by atoms with Crippen molar-refractivity contribution in [3.05, 3.63) is 0 Å². The molecule has 35 heavy (non-hydrogen) atoms. The summed E-state index contributed by atoms with van der Waals surface area (Å²) in [7, 11) is -4.20. The third-order valence-electron chi connectivity index (χ3n) is 6.68. The summed E-state index contributed by atoms with van der Waals surface area (Å²) in [5.74, 6) is -1.23. The van der Waals surface area contributed by atoms with Gasteiger partial charge < -0.3 is 23.7 Å². The summed E-state index contributed by atoms with van der Waals surface area (Å²) >= 11 is 0. The largest absolute Gasteiger partial charge is 0.748 e. The molecule has 1 heterocycles. The Labute approximate surface area is 216 Å². The highest BCUT2D eigenvalue weighted by molar-refractivity contribution is 7.85. The van der Waals surface area contributed by atoms with Crippen LogP contribution in [0.3, 0.4) is 0 Å². The highest BCUT2D eigenvalue weighted by atomic mass is 32.2. The first-order valence-corrected chi connectivity index (χ1v) is 15.9. The molecular formula is C27H54NO6S-. The van der Waals surface area contributed by atoms with Gasteiger partial charge in [0, 0.05) is 18.9 Å². The highest BCUT2D eigenvalue weighted by Crippen LogP contribution is 2.24. The van der Waals surface area contributed by atoms with Crippen LogP contribution in [0.2, 0.25) is 0 Å². The fraction of sp³-hybridized carbons (Fsp3) is 1.00. The van der Waals surface area contributed by atoms with Gasteiger partial charge in [-0.15, -0.1) is 0 Å². The molecule has 7 nitrogen and oxygen atoms in total. The van der Waals surface area contributed by atoms with Crippen LogP contribution in [0.4, 0.5) is 0 Å². The Balaban J connectivity index is 2.43. The van der Waals surface area contributed by atoms with E-state index in [1.807, 2.05) is 6.92 Å². The first-order valence-electron chi connectivity index (χ1n) is 14.3. The average molecular weight is 521 g/mol. The Kier molecular flexibility index (Phi) is 18.6. The summed E-state index contributed by atoms with van der Waals surface area (Å²) in [5.41, 5.74) is 0. The molecule has 1 rings (SSSR count). The normalized spacial score (nSPS) is 21.1. The minimum absolute atomic E-state index is 0.101. The van der Waals surface area contributed by atoms with E-state index in [0.29, 0.717) is 6.61 Å². The lowest BCUT2D eigenvalue weighted by atomic mass is 10.1. The molecule has 0 amide bonds. The number of rotatable bonds is 23. The predicted octanol–water partition coefficient (Wildman–Crippen LogP) is 5.87. The van der Waals surface area contributed by atoms with Crippen LogP contribution in [0.25, 0.3) is 0 Å². The van der Waals surface area contributed by atoms with Crippen molar-refractivity contribution in [3.63, 3.8) is 0 Å². The van der Waals surface area contributed by atoms with Gasteiger partial charge in [-0.2, -0.15) is 0 Å². The van der Waals surface area contributed by atoms with Crippen LogP contribution in [-0.2, 0) is 24.3 Å². The number of ether oxygens (including phenoxy) is 3. The van der Waals surface area contributed by atoms with Gasteiger partial charge in [0.1, 0.15) is 6.61 Å². The molecular weight excluding hydrogens is 466 g/mol. The van der Waals surface area contributed by atoms with Crippen LogP contribution >= 0.6 is 0 Å². The van der Waals surface area contributed by atoms with E-state index >= 15 is 0 Å². The van der Waals surface area contributed by atoms with Gasteiger partial charge in [-0.1, -0.05) is 84.5 Å². The first-order chi connectivity index (χ1) is 16.8. The lowest BCUT2D eigenvalue weighted by Crippen LogP contribution is -2.49. The van der Waals surface area contributed by atoms with E-state index in [2.05, 4.69) is 18.7 Å². The van der Waals surface area contributed by atoms with Gasteiger partial charge >= 0.3 is 0 Å². The first kappa shape index (κ1) is 32.8. The zero-order valence-electron chi connectivity index (χ0n) is 22.9. The van der Waals surface area contributed by atoms with E-state index in [4.69, 9.17) is 14.2 Å². The van der Waals surface area contributed by atoms with Gasteiger partial charge in [0.15, 0.2) is 5.79 Å². The molecule has 2 unspecified atom stereocenters. The SMILES string of the molecule is CCCCCCCCCN(CCCCCCCC)CC1CCOC(C)(COCCCS(=O)(=O)[O-])O1. The Morgan fingerprint density at radius 1 is 0.886 bits per heavy atom. The molecule has 0 radical (unpaired) electrons.